The largest absolute Gasteiger partial charge is 0.481 e. The number of carboxylic acids is 1. The molecule has 0 aliphatic carbocycles. The summed E-state index contributed by atoms with van der Waals surface area (Å²) >= 11 is 0. The monoisotopic (exact) mass is 158 g/mol. The van der Waals surface area contributed by atoms with Crippen molar-refractivity contribution in [1.82, 2.24) is 0 Å². The van der Waals surface area contributed by atoms with Gasteiger partial charge in [0.15, 0.2) is 0 Å². The number of ether oxygens (including phenoxy) is 1. The molecule has 1 fully saturated rings. The molecule has 11 heavy (non-hydrogen) atoms. The highest BCUT2D eigenvalue weighted by Crippen LogP contribution is 2.17. The summed E-state index contributed by atoms with van der Waals surface area (Å²) in [6.45, 7) is 0. The minimum atomic E-state index is -0.840. The predicted octanol–water partition coefficient (Wildman–Crippen LogP) is 0.557. The lowest BCUT2D eigenvalue weighted by atomic mass is 10.1. The summed E-state index contributed by atoms with van der Waals surface area (Å²) in [5.74, 6) is -1.05. The first kappa shape index (κ1) is 8.04. The summed E-state index contributed by atoms with van der Waals surface area (Å²) in [6, 6.07) is 0. The molecule has 1 aliphatic rings. The van der Waals surface area contributed by atoms with Gasteiger partial charge in [-0.3, -0.25) is 9.59 Å². The Kier molecular flexibility index (Phi) is 2.46. The van der Waals surface area contributed by atoms with Crippen molar-refractivity contribution in [3.05, 3.63) is 0 Å². The van der Waals surface area contributed by atoms with Crippen LogP contribution in [0.3, 0.4) is 0 Å². The maximum Gasteiger partial charge on any atom is 0.306 e. The highest BCUT2D eigenvalue weighted by atomic mass is 16.5. The molecular formula is C7H10O4. The van der Waals surface area contributed by atoms with Gasteiger partial charge in [-0.1, -0.05) is 0 Å². The topological polar surface area (TPSA) is 63.6 Å². The standard InChI is InChI=1S/C7H10O4/c8-6(9)3-1-5-2-4-7(10)11-5/h5H,1-4H2,(H,8,9)/t5-/m1/s1. The summed E-state index contributed by atoms with van der Waals surface area (Å²) in [5, 5.41) is 8.30. The van der Waals surface area contributed by atoms with E-state index in [0.29, 0.717) is 19.3 Å². The van der Waals surface area contributed by atoms with Crippen molar-refractivity contribution in [2.75, 3.05) is 0 Å². The SMILES string of the molecule is O=C(O)CC[C@@H]1CCC(=O)O1. The molecule has 0 unspecified atom stereocenters. The summed E-state index contributed by atoms with van der Waals surface area (Å²) < 4.78 is 4.81. The lowest BCUT2D eigenvalue weighted by Gasteiger charge is -2.05. The van der Waals surface area contributed by atoms with Crippen LogP contribution in [0.15, 0.2) is 0 Å². The molecule has 1 heterocycles. The van der Waals surface area contributed by atoms with Gasteiger partial charge in [-0.05, 0) is 12.8 Å². The van der Waals surface area contributed by atoms with Crippen molar-refractivity contribution < 1.29 is 19.4 Å². The van der Waals surface area contributed by atoms with Gasteiger partial charge in [0, 0.05) is 12.8 Å². The number of carboxylic acid groups (broad SMARTS) is 1. The zero-order valence-corrected chi connectivity index (χ0v) is 6.08. The second-order valence-corrected chi connectivity index (χ2v) is 2.58. The fraction of sp³-hybridized carbons (Fsp3) is 0.714. The van der Waals surface area contributed by atoms with Gasteiger partial charge in [-0.2, -0.15) is 0 Å². The van der Waals surface area contributed by atoms with Crippen LogP contribution >= 0.6 is 0 Å². The van der Waals surface area contributed by atoms with Gasteiger partial charge in [-0.25, -0.2) is 0 Å². The molecule has 1 saturated heterocycles. The number of aliphatic carboxylic acids is 1. The van der Waals surface area contributed by atoms with Crippen LogP contribution in [0.1, 0.15) is 25.7 Å². The normalized spacial score (nSPS) is 23.3. The van der Waals surface area contributed by atoms with Crippen molar-refractivity contribution in [3.8, 4) is 0 Å². The number of rotatable bonds is 3. The quantitative estimate of drug-likeness (QED) is 0.609. The molecule has 0 saturated carbocycles. The van der Waals surface area contributed by atoms with Crippen LogP contribution in [0, 0.1) is 0 Å². The third kappa shape index (κ3) is 2.57. The molecule has 0 aromatic rings. The average molecular weight is 158 g/mol. The molecule has 0 radical (unpaired) electrons. The first-order chi connectivity index (χ1) is 5.18. The van der Waals surface area contributed by atoms with Crippen LogP contribution in [0.2, 0.25) is 0 Å². The van der Waals surface area contributed by atoms with E-state index in [2.05, 4.69) is 0 Å². The molecule has 1 rings (SSSR count). The minimum absolute atomic E-state index is 0.0813. The molecule has 0 amide bonds. The zero-order chi connectivity index (χ0) is 8.27. The van der Waals surface area contributed by atoms with Crippen molar-refractivity contribution >= 4 is 11.9 Å². The average Bonchev–Trinajstić information content (AvgIpc) is 2.31. The van der Waals surface area contributed by atoms with E-state index in [4.69, 9.17) is 9.84 Å². The molecule has 0 bridgehead atoms. The van der Waals surface area contributed by atoms with Gasteiger partial charge in [-0.15, -0.1) is 0 Å². The molecule has 1 aliphatic heterocycles. The van der Waals surface area contributed by atoms with E-state index < -0.39 is 5.97 Å². The number of carbonyl (C=O) groups excluding carboxylic acids is 1. The van der Waals surface area contributed by atoms with E-state index in [0.717, 1.165) is 0 Å². The van der Waals surface area contributed by atoms with Crippen molar-refractivity contribution in [2.45, 2.75) is 31.8 Å². The van der Waals surface area contributed by atoms with Gasteiger partial charge >= 0.3 is 11.9 Å². The Hall–Kier alpha value is -1.06. The second kappa shape index (κ2) is 3.37. The fourth-order valence-corrected chi connectivity index (χ4v) is 1.07. The maximum absolute atomic E-state index is 10.5. The number of cyclic esters (lactones) is 1. The highest BCUT2D eigenvalue weighted by Gasteiger charge is 2.23. The Labute approximate surface area is 64.2 Å². The Morgan fingerprint density at radius 3 is 2.91 bits per heavy atom. The van der Waals surface area contributed by atoms with Crippen LogP contribution < -0.4 is 0 Å². The van der Waals surface area contributed by atoms with Gasteiger partial charge in [0.25, 0.3) is 0 Å². The van der Waals surface area contributed by atoms with E-state index in [1.54, 1.807) is 0 Å². The molecule has 0 aromatic carbocycles. The number of carbonyl (C=O) groups is 2. The fourth-order valence-electron chi connectivity index (χ4n) is 1.07. The maximum atomic E-state index is 10.5. The molecule has 1 N–H and O–H groups in total. The first-order valence-electron chi connectivity index (χ1n) is 3.60. The molecule has 0 spiro atoms. The minimum Gasteiger partial charge on any atom is -0.481 e. The predicted molar refractivity (Wildman–Crippen MR) is 36.0 cm³/mol. The third-order valence-corrected chi connectivity index (χ3v) is 1.65. The van der Waals surface area contributed by atoms with E-state index in [9.17, 15) is 9.59 Å². The van der Waals surface area contributed by atoms with E-state index >= 15 is 0 Å². The number of hydrogen-bond acceptors (Lipinski definition) is 3. The van der Waals surface area contributed by atoms with Gasteiger partial charge in [0.1, 0.15) is 6.10 Å². The molecule has 62 valence electrons. The Morgan fingerprint density at radius 1 is 1.73 bits per heavy atom. The van der Waals surface area contributed by atoms with E-state index in [1.807, 2.05) is 0 Å². The smallest absolute Gasteiger partial charge is 0.306 e. The van der Waals surface area contributed by atoms with E-state index in [1.165, 1.54) is 0 Å². The molecule has 1 atom stereocenters. The van der Waals surface area contributed by atoms with Crippen LogP contribution in [0.5, 0.6) is 0 Å². The summed E-state index contributed by atoms with van der Waals surface area (Å²) in [4.78, 5) is 20.6. The van der Waals surface area contributed by atoms with Gasteiger partial charge in [0.2, 0.25) is 0 Å². The van der Waals surface area contributed by atoms with Crippen molar-refractivity contribution in [3.63, 3.8) is 0 Å². The first-order valence-corrected chi connectivity index (χ1v) is 3.60. The van der Waals surface area contributed by atoms with Crippen molar-refractivity contribution in [1.29, 1.82) is 0 Å². The molecular weight excluding hydrogens is 148 g/mol. The zero-order valence-electron chi connectivity index (χ0n) is 6.08. The number of esters is 1. The second-order valence-electron chi connectivity index (χ2n) is 2.58. The molecule has 4 heteroatoms. The lowest BCUT2D eigenvalue weighted by Crippen LogP contribution is -2.09. The van der Waals surface area contributed by atoms with Crippen LogP contribution in [-0.2, 0) is 14.3 Å². The van der Waals surface area contributed by atoms with Gasteiger partial charge < -0.3 is 9.84 Å². The Balaban J connectivity index is 2.18. The van der Waals surface area contributed by atoms with Crippen LogP contribution in [-0.4, -0.2) is 23.1 Å². The summed E-state index contributed by atoms with van der Waals surface area (Å²) in [5.41, 5.74) is 0. The Bertz CT molecular complexity index is 175. The molecule has 0 aromatic heterocycles. The summed E-state index contributed by atoms with van der Waals surface area (Å²) in [7, 11) is 0. The third-order valence-electron chi connectivity index (χ3n) is 1.65. The number of hydrogen-bond donors (Lipinski definition) is 1. The van der Waals surface area contributed by atoms with E-state index in [-0.39, 0.29) is 18.5 Å². The lowest BCUT2D eigenvalue weighted by molar-refractivity contribution is -0.144. The molecule has 4 nitrogen and oxygen atoms in total. The summed E-state index contributed by atoms with van der Waals surface area (Å²) in [6.07, 6.45) is 1.48. The van der Waals surface area contributed by atoms with Crippen molar-refractivity contribution in [2.24, 2.45) is 0 Å². The van der Waals surface area contributed by atoms with Gasteiger partial charge in [0.05, 0.1) is 0 Å². The van der Waals surface area contributed by atoms with Crippen LogP contribution in [0.25, 0.3) is 0 Å². The Morgan fingerprint density at radius 2 is 2.45 bits per heavy atom. The highest BCUT2D eigenvalue weighted by molar-refractivity contribution is 5.71. The van der Waals surface area contributed by atoms with Crippen LogP contribution in [0.4, 0.5) is 0 Å².